The monoisotopic (exact) mass is 300 g/mol. The van der Waals surface area contributed by atoms with E-state index in [0.29, 0.717) is 11.5 Å². The molecule has 112 valence electrons. The Bertz CT molecular complexity index is 569. The van der Waals surface area contributed by atoms with Crippen molar-refractivity contribution in [1.82, 2.24) is 10.0 Å². The third-order valence-corrected chi connectivity index (χ3v) is 5.53. The molecule has 1 aromatic carbocycles. The summed E-state index contributed by atoms with van der Waals surface area (Å²) >= 11 is 0. The lowest BCUT2D eigenvalue weighted by molar-refractivity contribution is 0.320. The van der Waals surface area contributed by atoms with Crippen molar-refractivity contribution in [2.24, 2.45) is 5.92 Å². The molecular weight excluding hydrogens is 279 g/mol. The summed E-state index contributed by atoms with van der Waals surface area (Å²) in [7, 11) is -3.60. The molecule has 2 rings (SSSR count). The number of benzene rings is 1. The lowest BCUT2D eigenvalue weighted by atomic mass is 9.94. The topological polar surface area (TPSA) is 58.2 Å². The number of hydrogen-bond acceptors (Lipinski definition) is 3. The summed E-state index contributed by atoms with van der Waals surface area (Å²) in [6.07, 6.45) is 2.07. The lowest BCUT2D eigenvalue weighted by Gasteiger charge is -2.28. The van der Waals surface area contributed by atoms with Crippen molar-refractivity contribution in [3.05, 3.63) is 29.6 Å². The highest BCUT2D eigenvalue weighted by molar-refractivity contribution is 7.89. The fourth-order valence-electron chi connectivity index (χ4n) is 2.62. The van der Waals surface area contributed by atoms with Gasteiger partial charge in [-0.3, -0.25) is 0 Å². The van der Waals surface area contributed by atoms with E-state index in [-0.39, 0.29) is 10.9 Å². The van der Waals surface area contributed by atoms with Crippen molar-refractivity contribution in [3.63, 3.8) is 0 Å². The van der Waals surface area contributed by atoms with E-state index in [1.807, 2.05) is 6.92 Å². The zero-order valence-corrected chi connectivity index (χ0v) is 12.6. The quantitative estimate of drug-likeness (QED) is 0.891. The fraction of sp³-hybridized carbons (Fsp3) is 0.571. The highest BCUT2D eigenvalue weighted by Gasteiger charge is 2.26. The van der Waals surface area contributed by atoms with Crippen LogP contribution in [0, 0.1) is 18.7 Å². The van der Waals surface area contributed by atoms with Gasteiger partial charge in [0.1, 0.15) is 5.82 Å². The molecule has 4 nitrogen and oxygen atoms in total. The fourth-order valence-corrected chi connectivity index (χ4v) is 4.16. The average molecular weight is 300 g/mol. The van der Waals surface area contributed by atoms with E-state index in [2.05, 4.69) is 10.0 Å². The summed E-state index contributed by atoms with van der Waals surface area (Å²) in [5, 5.41) is 3.28. The van der Waals surface area contributed by atoms with Gasteiger partial charge in [0, 0.05) is 6.04 Å². The summed E-state index contributed by atoms with van der Waals surface area (Å²) in [6, 6.07) is 3.59. The second-order valence-corrected chi connectivity index (χ2v) is 7.11. The Morgan fingerprint density at radius 1 is 1.45 bits per heavy atom. The number of hydrogen-bond donors (Lipinski definition) is 2. The Morgan fingerprint density at radius 3 is 2.80 bits per heavy atom. The number of rotatable bonds is 4. The normalized spacial score (nSPS) is 21.6. The summed E-state index contributed by atoms with van der Waals surface area (Å²) in [4.78, 5) is 0.148. The number of aryl methyl sites for hydroxylation is 1. The molecule has 1 aromatic rings. The van der Waals surface area contributed by atoms with E-state index in [4.69, 9.17) is 0 Å². The summed E-state index contributed by atoms with van der Waals surface area (Å²) in [5.41, 5.74) is 0.423. The molecule has 1 aliphatic rings. The van der Waals surface area contributed by atoms with Gasteiger partial charge in [0.2, 0.25) is 10.0 Å². The Balaban J connectivity index is 2.13. The zero-order valence-electron chi connectivity index (χ0n) is 11.8. The minimum absolute atomic E-state index is 0.141. The molecule has 0 amide bonds. The van der Waals surface area contributed by atoms with E-state index in [0.717, 1.165) is 25.9 Å². The molecule has 0 saturated carbocycles. The van der Waals surface area contributed by atoms with Crippen LogP contribution in [0.4, 0.5) is 4.39 Å². The van der Waals surface area contributed by atoms with Gasteiger partial charge >= 0.3 is 0 Å². The van der Waals surface area contributed by atoms with Crippen LogP contribution in [0.15, 0.2) is 23.1 Å². The minimum Gasteiger partial charge on any atom is -0.316 e. The molecule has 0 aliphatic carbocycles. The van der Waals surface area contributed by atoms with Crippen molar-refractivity contribution < 1.29 is 12.8 Å². The molecule has 1 aliphatic heterocycles. The second-order valence-electron chi connectivity index (χ2n) is 5.43. The van der Waals surface area contributed by atoms with Gasteiger partial charge in [-0.1, -0.05) is 0 Å². The van der Waals surface area contributed by atoms with E-state index < -0.39 is 15.8 Å². The standard InChI is InChI=1S/C14H21FN2O2S/c1-10-8-13(15)5-6-14(10)20(18,19)17-11(2)12-4-3-7-16-9-12/h5-6,8,11-12,16-17H,3-4,7,9H2,1-2H3. The number of nitrogens with one attached hydrogen (secondary N) is 2. The van der Waals surface area contributed by atoms with E-state index in [1.54, 1.807) is 6.92 Å². The minimum atomic E-state index is -3.60. The van der Waals surface area contributed by atoms with Crippen LogP contribution in [0.1, 0.15) is 25.3 Å². The summed E-state index contributed by atoms with van der Waals surface area (Å²) in [5.74, 6) is -0.134. The van der Waals surface area contributed by atoms with Gasteiger partial charge in [0.25, 0.3) is 0 Å². The van der Waals surface area contributed by atoms with E-state index >= 15 is 0 Å². The Kier molecular flexibility index (Phi) is 4.78. The van der Waals surface area contributed by atoms with Crippen molar-refractivity contribution >= 4 is 10.0 Å². The Morgan fingerprint density at radius 2 is 2.20 bits per heavy atom. The van der Waals surface area contributed by atoms with Gasteiger partial charge in [0.15, 0.2) is 0 Å². The van der Waals surface area contributed by atoms with Crippen LogP contribution in [0.5, 0.6) is 0 Å². The van der Waals surface area contributed by atoms with Crippen molar-refractivity contribution in [1.29, 1.82) is 0 Å². The number of piperidine rings is 1. The highest BCUT2D eigenvalue weighted by Crippen LogP contribution is 2.19. The molecule has 2 atom stereocenters. The van der Waals surface area contributed by atoms with Crippen LogP contribution in [-0.4, -0.2) is 27.5 Å². The largest absolute Gasteiger partial charge is 0.316 e. The van der Waals surface area contributed by atoms with Crippen LogP contribution in [0.3, 0.4) is 0 Å². The van der Waals surface area contributed by atoms with Crippen LogP contribution in [-0.2, 0) is 10.0 Å². The Hall–Kier alpha value is -0.980. The molecule has 6 heteroatoms. The van der Waals surface area contributed by atoms with E-state index in [9.17, 15) is 12.8 Å². The maximum Gasteiger partial charge on any atom is 0.241 e. The molecule has 1 fully saturated rings. The van der Waals surface area contributed by atoms with Gasteiger partial charge in [-0.2, -0.15) is 0 Å². The predicted octanol–water partition coefficient (Wildman–Crippen LogP) is 1.80. The zero-order chi connectivity index (χ0) is 14.8. The molecule has 2 unspecified atom stereocenters. The van der Waals surface area contributed by atoms with E-state index in [1.165, 1.54) is 18.2 Å². The van der Waals surface area contributed by atoms with Crippen LogP contribution >= 0.6 is 0 Å². The first-order valence-electron chi connectivity index (χ1n) is 6.89. The van der Waals surface area contributed by atoms with Crippen molar-refractivity contribution in [3.8, 4) is 0 Å². The number of sulfonamides is 1. The van der Waals surface area contributed by atoms with Crippen molar-refractivity contribution in [2.45, 2.75) is 37.6 Å². The number of halogens is 1. The molecule has 0 bridgehead atoms. The first kappa shape index (κ1) is 15.4. The maximum atomic E-state index is 13.1. The van der Waals surface area contributed by atoms with Crippen LogP contribution < -0.4 is 10.0 Å². The molecular formula is C14H21FN2O2S. The average Bonchev–Trinajstić information content (AvgIpc) is 2.38. The second kappa shape index (κ2) is 6.20. The molecule has 2 N–H and O–H groups in total. The summed E-state index contributed by atoms with van der Waals surface area (Å²) < 4.78 is 40.5. The third-order valence-electron chi connectivity index (χ3n) is 3.81. The maximum absolute atomic E-state index is 13.1. The molecule has 1 heterocycles. The Labute approximate surface area is 119 Å². The highest BCUT2D eigenvalue weighted by atomic mass is 32.2. The molecule has 1 saturated heterocycles. The SMILES string of the molecule is Cc1cc(F)ccc1S(=O)(=O)NC(C)C1CCCNC1. The third kappa shape index (κ3) is 3.56. The van der Waals surface area contributed by atoms with Gasteiger partial charge in [-0.05, 0) is 69.5 Å². The van der Waals surface area contributed by atoms with Crippen LogP contribution in [0.25, 0.3) is 0 Å². The van der Waals surface area contributed by atoms with Gasteiger partial charge in [0.05, 0.1) is 4.90 Å². The lowest BCUT2D eigenvalue weighted by Crippen LogP contribution is -2.44. The first-order valence-corrected chi connectivity index (χ1v) is 8.37. The van der Waals surface area contributed by atoms with Gasteiger partial charge < -0.3 is 5.32 Å². The molecule has 0 spiro atoms. The molecule has 20 heavy (non-hydrogen) atoms. The first-order chi connectivity index (χ1) is 9.40. The van der Waals surface area contributed by atoms with Crippen molar-refractivity contribution in [2.75, 3.05) is 13.1 Å². The molecule has 0 aromatic heterocycles. The smallest absolute Gasteiger partial charge is 0.241 e. The van der Waals surface area contributed by atoms with Gasteiger partial charge in [-0.25, -0.2) is 17.5 Å². The molecule has 0 radical (unpaired) electrons. The predicted molar refractivity (Wildman–Crippen MR) is 76.5 cm³/mol. The van der Waals surface area contributed by atoms with Crippen LogP contribution in [0.2, 0.25) is 0 Å². The van der Waals surface area contributed by atoms with Gasteiger partial charge in [-0.15, -0.1) is 0 Å². The summed E-state index contributed by atoms with van der Waals surface area (Å²) in [6.45, 7) is 5.30.